The molecule has 29 atom stereocenters. The highest BCUT2D eigenvalue weighted by Gasteiger charge is 2.58. The van der Waals surface area contributed by atoms with Crippen molar-refractivity contribution < 1.29 is 126 Å². The molecule has 9 aliphatic rings. The van der Waals surface area contributed by atoms with E-state index in [9.17, 15) is 53.6 Å². The third-order valence-corrected chi connectivity index (χ3v) is 34.0. The Kier molecular flexibility index (Phi) is 26.3. The molecule has 0 amide bonds. The van der Waals surface area contributed by atoms with E-state index in [1.165, 1.54) is 51.0 Å². The number of anilines is 6. The minimum Gasteiger partial charge on any atom is -0.397 e. The van der Waals surface area contributed by atoms with Crippen molar-refractivity contribution in [3.8, 4) is 0 Å². The molecule has 0 aliphatic carbocycles. The lowest BCUT2D eigenvalue weighted by Gasteiger charge is -2.27. The maximum absolute atomic E-state index is 16.0. The van der Waals surface area contributed by atoms with Gasteiger partial charge in [-0.05, 0) is 77.2 Å². The van der Waals surface area contributed by atoms with Crippen molar-refractivity contribution in [3.63, 3.8) is 0 Å². The van der Waals surface area contributed by atoms with E-state index in [4.69, 9.17) is 167 Å². The zero-order chi connectivity index (χ0) is 94.6. The van der Waals surface area contributed by atoms with E-state index in [0.29, 0.717) is 16.9 Å². The highest BCUT2D eigenvalue weighted by molar-refractivity contribution is 8.44. The Labute approximate surface area is 780 Å². The van der Waals surface area contributed by atoms with Gasteiger partial charge in [0.05, 0.1) is 98.2 Å². The van der Waals surface area contributed by atoms with E-state index in [1.807, 2.05) is 0 Å². The summed E-state index contributed by atoms with van der Waals surface area (Å²) in [5.74, 6) is -0.671. The smallest absolute Gasteiger partial charge is 0.386 e. The minimum absolute atomic E-state index is 0.0425. The lowest BCUT2D eigenvalue weighted by Crippen LogP contribution is -2.35. The van der Waals surface area contributed by atoms with Crippen molar-refractivity contribution in [2.45, 2.75) is 144 Å². The van der Waals surface area contributed by atoms with E-state index in [-0.39, 0.29) is 91.5 Å². The van der Waals surface area contributed by atoms with Crippen molar-refractivity contribution in [2.75, 3.05) is 74.0 Å². The quantitative estimate of drug-likeness (QED) is 0.0722. The summed E-state index contributed by atoms with van der Waals surface area (Å²) in [4.78, 5) is 132. The predicted octanol–water partition coefficient (Wildman–Crippen LogP) is -0.716. The number of nitrogens with two attached hydrogens (primary N) is 6. The molecule has 0 saturated carbocycles. The summed E-state index contributed by atoms with van der Waals surface area (Å²) in [6, 6.07) is 4.59. The summed E-state index contributed by atoms with van der Waals surface area (Å²) in [6.07, 6.45) is -20.5. The van der Waals surface area contributed by atoms with Crippen molar-refractivity contribution >= 4 is 237 Å². The van der Waals surface area contributed by atoms with E-state index in [1.54, 1.807) is 10.6 Å². The highest BCUT2D eigenvalue weighted by atomic mass is 32.7. The van der Waals surface area contributed by atoms with Crippen molar-refractivity contribution in [1.29, 1.82) is 0 Å². The van der Waals surface area contributed by atoms with Crippen LogP contribution in [0.4, 0.5) is 48.1 Å². The number of pyridine rings is 3. The number of aromatic nitrogens is 25. The van der Waals surface area contributed by atoms with Crippen LogP contribution in [-0.2, 0) is 137 Å². The lowest BCUT2D eigenvalue weighted by atomic mass is 10.1. The van der Waals surface area contributed by atoms with Gasteiger partial charge in [0.15, 0.2) is 98.7 Å². The molecule has 9 saturated heterocycles. The SMILES string of the molecule is Nc1nc2c(ncn2[C@@H]2O[C@@H]3COP(O)(=S)O[C@H]4C[C@H](n5cnc6c(N)ccnc65)O[C@@H]4COP(=O)(S)O[C@@H]2[C@@H]3F)c(=O)[nH]1.Nc1nc2c(nnn2[C@@H]2S[C@@H]3COP(O)(=S)O[C@H]4[C@H](F)[C@H](n5nnc6c(N)ccnc65)O[C@@H]4COP(O)(=S)O[C@@H]2[C@@H]3O)c(=O)[nH]1.Nc1nc2c(nnn2[C@@H]2S[C@@H]3COP(O)(=S)O[C@H]4[C@H](F)[C@H](n5nnc6c(N)ccnc65)O[C@@H]4COP(O)(=S)O[C@@H]2[C@@H]3O)c(=O)[nH]1. The number of halogens is 3. The molecule has 6 bridgehead atoms. The molecule has 134 heavy (non-hydrogen) atoms. The van der Waals surface area contributed by atoms with Gasteiger partial charge in [-0.15, -0.1) is 43.9 Å². The van der Waals surface area contributed by atoms with Crippen LogP contribution in [-0.4, -0.2) is 301 Å². The second kappa shape index (κ2) is 36.8. The fourth-order valence-electron chi connectivity index (χ4n) is 15.5. The zero-order valence-corrected chi connectivity index (χ0v) is 78.5. The number of fused-ring (bicyclic) bond motifs is 15. The van der Waals surface area contributed by atoms with E-state index < -0.39 is 235 Å². The molecule has 58 nitrogen and oxygen atoms in total. The number of aliphatic hydroxyl groups excluding tert-OH is 2. The molecule has 0 spiro atoms. The minimum atomic E-state index is -4.34. The number of thiol groups is 1. The Balaban J connectivity index is 0.000000129. The standard InChI is InChI=1S/C21H24FN9O9P2S2.2C19H22FN11O9P2S3/c22-13-11-5-36-41(33,43)39-9-3-12(30-6-26-14-8(23)1-2-25-17(14)30)37-10(9)4-35-42(34,44)40-16(13)20(38-11)31-7-27-15-18(31)28-21(24)29-19(15)32;2*20-8-12-6(38-17(8)30-14-9(26-28-30)5(21)1-2-23-14)3-36-41(34,43)40-13-11(32)7(4-37-42(35,44)39-12)45-18(13)31-15-10(27-29-31)16(33)25-19(22)24-15/h1-2,6-7,9-13,16,20H,3-5H2,(H2,23,25)(H,33,43)(H,34,44)(H3,24,28,29,32);2*1-2,6-8,11-13,17-18,32H,3-4H2,(H2,21,23)(H,34,43)(H,35,44)(H3,22,24,25,33)/t9-,10+,11+,12+,13+,16+,20+,41?,42?;2*6-,7-,8+,11-,12-,13-,17-,18-,41?,42?/m011/s1. The van der Waals surface area contributed by atoms with Gasteiger partial charge in [-0.25, -0.2) is 52.0 Å². The third-order valence-electron chi connectivity index (χ3n) is 21.5. The van der Waals surface area contributed by atoms with Crippen LogP contribution in [0.1, 0.15) is 42.1 Å². The molecule has 21 heterocycles. The van der Waals surface area contributed by atoms with E-state index >= 15 is 13.2 Å². The summed E-state index contributed by atoms with van der Waals surface area (Å²) >= 11 is 32.2. The second-order valence-electron chi connectivity index (χ2n) is 30.1. The van der Waals surface area contributed by atoms with Gasteiger partial charge in [0, 0.05) is 25.0 Å². The number of ether oxygens (including phenoxy) is 4. The number of aliphatic hydroxyl groups is 2. The van der Waals surface area contributed by atoms with Gasteiger partial charge in [-0.1, -0.05) is 33.1 Å². The first kappa shape index (κ1) is 95.7. The van der Waals surface area contributed by atoms with Crippen LogP contribution in [0.2, 0.25) is 0 Å². The van der Waals surface area contributed by atoms with Crippen LogP contribution in [0, 0.1) is 0 Å². The number of hydrogen-bond donors (Lipinski definition) is 17. The third kappa shape index (κ3) is 18.8. The first-order valence-corrected chi connectivity index (χ1v) is 56.1. The number of aromatic amines is 3. The molecular formula is C59H68F3N31O27P6S8. The average molecular weight is 2140 g/mol. The number of imidazole rings is 2. The van der Waals surface area contributed by atoms with Crippen LogP contribution in [0.3, 0.4) is 0 Å². The summed E-state index contributed by atoms with van der Waals surface area (Å²) < 4.78 is 160. The number of H-pyrrole nitrogens is 3. The Hall–Kier alpha value is -7.17. The van der Waals surface area contributed by atoms with Gasteiger partial charge >= 0.3 is 40.4 Å². The van der Waals surface area contributed by atoms with Gasteiger partial charge in [0.1, 0.15) is 77.4 Å². The van der Waals surface area contributed by atoms with Gasteiger partial charge in [-0.3, -0.25) is 65.6 Å². The molecule has 6 unspecified atom stereocenters. The molecule has 12 aromatic heterocycles. The fourth-order valence-corrected chi connectivity index (χ4v) is 27.4. The molecule has 0 radical (unpaired) electrons. The monoisotopic (exact) mass is 2140 g/mol. The lowest BCUT2D eigenvalue weighted by molar-refractivity contribution is -0.0576. The molecule has 22 N–H and O–H groups in total. The molecule has 9 fully saturated rings. The first-order valence-electron chi connectivity index (χ1n) is 38.6. The van der Waals surface area contributed by atoms with Gasteiger partial charge in [0.2, 0.25) is 17.8 Å². The average Bonchev–Trinajstić information content (AvgIpc) is 1.61. The van der Waals surface area contributed by atoms with E-state index in [2.05, 4.69) is 108 Å². The molecule has 720 valence electrons. The maximum atomic E-state index is 16.0. The van der Waals surface area contributed by atoms with Crippen LogP contribution >= 0.6 is 76.2 Å². The van der Waals surface area contributed by atoms with Crippen LogP contribution in [0.25, 0.3) is 67.0 Å². The fraction of sp³-hybridized carbons (Fsp3) is 0.508. The maximum Gasteiger partial charge on any atom is 0.386 e. The number of thioether (sulfide) groups is 2. The normalized spacial score (nSPS) is 37.3. The number of nitrogens with one attached hydrogen (secondary N) is 3. The number of rotatable bonds is 6. The number of nitrogen functional groups attached to an aromatic ring is 6. The Bertz CT molecular complexity index is 6840. The molecular weight excluding hydrogens is 2070 g/mol. The van der Waals surface area contributed by atoms with Crippen LogP contribution in [0.15, 0.2) is 63.8 Å². The van der Waals surface area contributed by atoms with Crippen molar-refractivity contribution in [1.82, 2.24) is 124 Å². The highest BCUT2D eigenvalue weighted by Crippen LogP contribution is 2.62. The predicted molar refractivity (Wildman–Crippen MR) is 477 cm³/mol. The van der Waals surface area contributed by atoms with Gasteiger partial charge in [-0.2, -0.15) is 24.3 Å². The summed E-state index contributed by atoms with van der Waals surface area (Å²) in [5, 5.41) is 49.9. The van der Waals surface area contributed by atoms with Crippen LogP contribution < -0.4 is 51.1 Å². The van der Waals surface area contributed by atoms with Crippen molar-refractivity contribution in [3.05, 3.63) is 80.5 Å². The summed E-state index contributed by atoms with van der Waals surface area (Å²) in [6.45, 7) is -28.4. The number of hydrogen-bond acceptors (Lipinski definition) is 51. The molecule has 9 aliphatic heterocycles. The summed E-state index contributed by atoms with van der Waals surface area (Å²) in [7, 11) is 0. The number of nitrogens with zero attached hydrogens (tertiary/aromatic N) is 22. The molecule has 21 rings (SSSR count). The topological polar surface area (TPSA) is 797 Å². The zero-order valence-electron chi connectivity index (χ0n) is 66.6. The Morgan fingerprint density at radius 2 is 0.799 bits per heavy atom. The van der Waals surface area contributed by atoms with E-state index in [0.717, 1.165) is 39.2 Å². The first-order chi connectivity index (χ1) is 63.5. The Morgan fingerprint density at radius 3 is 1.29 bits per heavy atom. The van der Waals surface area contributed by atoms with Crippen molar-refractivity contribution in [2.24, 2.45) is 0 Å². The van der Waals surface area contributed by atoms with Gasteiger partial charge < -0.3 is 115 Å². The van der Waals surface area contributed by atoms with Gasteiger partial charge in [0.25, 0.3) is 16.7 Å². The molecule has 0 aromatic carbocycles. The second-order valence-corrected chi connectivity index (χ2v) is 49.7. The largest absolute Gasteiger partial charge is 0.397 e. The molecule has 75 heteroatoms. The molecule has 12 aromatic rings. The van der Waals surface area contributed by atoms with Crippen LogP contribution in [0.5, 0.6) is 0 Å². The summed E-state index contributed by atoms with van der Waals surface area (Å²) in [5.41, 5.74) is 34.9. The Morgan fingerprint density at radius 1 is 0.410 bits per heavy atom. The number of alkyl halides is 3.